The minimum atomic E-state index is -5.42. The molecule has 10 heteroatoms. The third-order valence-corrected chi connectivity index (χ3v) is 2.02. The Bertz CT molecular complexity index is 326. The van der Waals surface area contributed by atoms with Gasteiger partial charge in [-0.15, -0.1) is 0 Å². The van der Waals surface area contributed by atoms with E-state index in [1.54, 1.807) is 0 Å². The van der Waals surface area contributed by atoms with Crippen molar-refractivity contribution in [1.29, 1.82) is 0 Å². The molecule has 0 aromatic carbocycles. The van der Waals surface area contributed by atoms with Crippen molar-refractivity contribution in [2.24, 2.45) is 0 Å². The lowest BCUT2D eigenvalue weighted by Crippen LogP contribution is -2.57. The van der Waals surface area contributed by atoms with Gasteiger partial charge in [-0.3, -0.25) is 5.32 Å². The molecule has 0 fully saturated rings. The molecule has 0 radical (unpaired) electrons. The van der Waals surface area contributed by atoms with Crippen LogP contribution in [0.2, 0.25) is 0 Å². The molecule has 0 amide bonds. The van der Waals surface area contributed by atoms with Crippen molar-refractivity contribution in [1.82, 2.24) is 10.2 Å². The highest BCUT2D eigenvalue weighted by atomic mass is 19.4. The van der Waals surface area contributed by atoms with E-state index in [1.807, 2.05) is 0 Å². The SMILES string of the molecule is CN(C)CCNC(O)(/C=C(\O)C(F)(F)F)C(F)(F)F. The Kier molecular flexibility index (Phi) is 5.66. The quantitative estimate of drug-likeness (QED) is 0.408. The van der Waals surface area contributed by atoms with Crippen molar-refractivity contribution in [2.45, 2.75) is 18.1 Å². The molecule has 4 nitrogen and oxygen atoms in total. The number of likely N-dealkylation sites (N-methyl/N-ethyl adjacent to an activating group) is 1. The molecule has 0 rings (SSSR count). The molecule has 0 aliphatic carbocycles. The fourth-order valence-electron chi connectivity index (χ4n) is 0.983. The van der Waals surface area contributed by atoms with Gasteiger partial charge in [-0.25, -0.2) is 0 Å². The van der Waals surface area contributed by atoms with Gasteiger partial charge in [0.1, 0.15) is 0 Å². The van der Waals surface area contributed by atoms with Crippen molar-refractivity contribution >= 4 is 0 Å². The Morgan fingerprint density at radius 1 is 1.16 bits per heavy atom. The van der Waals surface area contributed by atoms with E-state index in [0.717, 1.165) is 0 Å². The minimum Gasteiger partial charge on any atom is -0.504 e. The lowest BCUT2D eigenvalue weighted by Gasteiger charge is -2.29. The molecule has 0 aliphatic heterocycles. The van der Waals surface area contributed by atoms with Gasteiger partial charge in [0.25, 0.3) is 0 Å². The summed E-state index contributed by atoms with van der Waals surface area (Å²) in [6.07, 6.45) is -11.5. The third-order valence-electron chi connectivity index (χ3n) is 2.02. The van der Waals surface area contributed by atoms with Crippen LogP contribution < -0.4 is 5.32 Å². The predicted octanol–water partition coefficient (Wildman–Crippen LogP) is 1.39. The maximum absolute atomic E-state index is 12.5. The van der Waals surface area contributed by atoms with Crippen LogP contribution in [0.1, 0.15) is 0 Å². The molecule has 0 spiro atoms. The van der Waals surface area contributed by atoms with Gasteiger partial charge >= 0.3 is 12.4 Å². The van der Waals surface area contributed by atoms with Crippen molar-refractivity contribution in [2.75, 3.05) is 27.2 Å². The van der Waals surface area contributed by atoms with Gasteiger partial charge in [-0.1, -0.05) is 0 Å². The van der Waals surface area contributed by atoms with Crippen LogP contribution in [0.25, 0.3) is 0 Å². The summed E-state index contributed by atoms with van der Waals surface area (Å²) in [5, 5.41) is 19.2. The van der Waals surface area contributed by atoms with Gasteiger partial charge in [-0.2, -0.15) is 26.3 Å². The van der Waals surface area contributed by atoms with E-state index >= 15 is 0 Å². The molecule has 19 heavy (non-hydrogen) atoms. The molecule has 0 heterocycles. The standard InChI is InChI=1S/C9H14F6N2O2/c1-17(2)4-3-16-7(19,9(13,14)15)5-6(18)8(10,11)12/h5,16,18-19H,3-4H2,1-2H3/b6-5-. The van der Waals surface area contributed by atoms with Crippen LogP contribution in [0.5, 0.6) is 0 Å². The molecular formula is C9H14F6N2O2. The van der Waals surface area contributed by atoms with Gasteiger partial charge in [0.2, 0.25) is 5.72 Å². The Morgan fingerprint density at radius 2 is 1.63 bits per heavy atom. The van der Waals surface area contributed by atoms with Crippen molar-refractivity contribution < 1.29 is 36.6 Å². The monoisotopic (exact) mass is 296 g/mol. The van der Waals surface area contributed by atoms with Crippen molar-refractivity contribution in [3.05, 3.63) is 11.8 Å². The maximum atomic E-state index is 12.5. The summed E-state index contributed by atoms with van der Waals surface area (Å²) in [5.41, 5.74) is -3.96. The summed E-state index contributed by atoms with van der Waals surface area (Å²) in [7, 11) is 3.05. The van der Waals surface area contributed by atoms with E-state index in [9.17, 15) is 31.4 Å². The van der Waals surface area contributed by atoms with Crippen LogP contribution in [0.4, 0.5) is 26.3 Å². The van der Waals surface area contributed by atoms with Crippen LogP contribution >= 0.6 is 0 Å². The summed E-state index contributed by atoms with van der Waals surface area (Å²) in [5.74, 6) is -2.52. The van der Waals surface area contributed by atoms with Crippen LogP contribution in [0.15, 0.2) is 11.8 Å². The maximum Gasteiger partial charge on any atom is 0.448 e. The number of nitrogens with one attached hydrogen (secondary N) is 1. The van der Waals surface area contributed by atoms with E-state index in [4.69, 9.17) is 5.11 Å². The molecule has 0 saturated heterocycles. The number of halogens is 6. The molecule has 0 aromatic rings. The van der Waals surface area contributed by atoms with E-state index in [1.165, 1.54) is 24.3 Å². The molecule has 1 atom stereocenters. The number of allylic oxidation sites excluding steroid dienone is 1. The Balaban J connectivity index is 5.11. The number of aliphatic hydroxyl groups is 2. The number of hydrogen-bond acceptors (Lipinski definition) is 4. The molecule has 114 valence electrons. The first-order chi connectivity index (χ1) is 8.29. The Hall–Kier alpha value is -1.00. The predicted molar refractivity (Wildman–Crippen MR) is 54.3 cm³/mol. The molecule has 3 N–H and O–H groups in total. The number of aliphatic hydroxyl groups excluding tert-OH is 1. The number of hydrogen-bond donors (Lipinski definition) is 3. The van der Waals surface area contributed by atoms with E-state index in [0.29, 0.717) is 0 Å². The summed E-state index contributed by atoms with van der Waals surface area (Å²) in [6.45, 7) is -0.399. The van der Waals surface area contributed by atoms with Gasteiger partial charge < -0.3 is 15.1 Å². The smallest absolute Gasteiger partial charge is 0.448 e. The van der Waals surface area contributed by atoms with E-state index in [2.05, 4.69) is 0 Å². The first-order valence-electron chi connectivity index (χ1n) is 4.97. The summed E-state index contributed by atoms with van der Waals surface area (Å²) < 4.78 is 73.5. The normalized spacial score (nSPS) is 17.7. The highest BCUT2D eigenvalue weighted by Crippen LogP contribution is 2.33. The molecule has 0 saturated carbocycles. The average Bonchev–Trinajstić information content (AvgIpc) is 2.13. The van der Waals surface area contributed by atoms with Crippen LogP contribution in [-0.4, -0.2) is 60.4 Å². The lowest BCUT2D eigenvalue weighted by molar-refractivity contribution is -0.253. The fraction of sp³-hybridized carbons (Fsp3) is 0.778. The third kappa shape index (κ3) is 5.66. The summed E-state index contributed by atoms with van der Waals surface area (Å²) >= 11 is 0. The molecule has 1 unspecified atom stereocenters. The second kappa shape index (κ2) is 5.97. The second-order valence-corrected chi connectivity index (χ2v) is 4.02. The number of alkyl halides is 6. The molecule has 0 bridgehead atoms. The fourth-order valence-corrected chi connectivity index (χ4v) is 0.983. The number of rotatable bonds is 5. The van der Waals surface area contributed by atoms with Gasteiger partial charge in [0.15, 0.2) is 5.76 Å². The van der Waals surface area contributed by atoms with Gasteiger partial charge in [0, 0.05) is 19.2 Å². The highest BCUT2D eigenvalue weighted by molar-refractivity contribution is 5.11. The zero-order chi connectivity index (χ0) is 15.5. The average molecular weight is 296 g/mol. The molecule has 0 aliphatic rings. The Labute approximate surface area is 105 Å². The summed E-state index contributed by atoms with van der Waals surface area (Å²) in [4.78, 5) is 1.46. The number of nitrogens with zero attached hydrogens (tertiary/aromatic N) is 1. The minimum absolute atomic E-state index is 0.0407. The summed E-state index contributed by atoms with van der Waals surface area (Å²) in [6, 6.07) is 0. The first-order valence-corrected chi connectivity index (χ1v) is 4.97. The zero-order valence-corrected chi connectivity index (χ0v) is 10.1. The molecular weight excluding hydrogens is 282 g/mol. The van der Waals surface area contributed by atoms with Crippen molar-refractivity contribution in [3.8, 4) is 0 Å². The van der Waals surface area contributed by atoms with Crippen LogP contribution in [0, 0.1) is 0 Å². The van der Waals surface area contributed by atoms with Gasteiger partial charge in [0.05, 0.1) is 0 Å². The zero-order valence-electron chi connectivity index (χ0n) is 10.1. The van der Waals surface area contributed by atoms with Crippen LogP contribution in [0.3, 0.4) is 0 Å². The Morgan fingerprint density at radius 3 is 1.95 bits per heavy atom. The second-order valence-electron chi connectivity index (χ2n) is 4.02. The largest absolute Gasteiger partial charge is 0.504 e. The first kappa shape index (κ1) is 18.0. The topological polar surface area (TPSA) is 55.7 Å². The lowest BCUT2D eigenvalue weighted by atomic mass is 10.1. The van der Waals surface area contributed by atoms with E-state index < -0.39 is 36.5 Å². The highest BCUT2D eigenvalue weighted by Gasteiger charge is 2.54. The van der Waals surface area contributed by atoms with Gasteiger partial charge in [-0.05, 0) is 14.1 Å². The molecule has 0 aromatic heterocycles. The van der Waals surface area contributed by atoms with Crippen LogP contribution in [-0.2, 0) is 0 Å². The van der Waals surface area contributed by atoms with E-state index in [-0.39, 0.29) is 6.54 Å². The van der Waals surface area contributed by atoms with Crippen molar-refractivity contribution in [3.63, 3.8) is 0 Å².